The van der Waals surface area contributed by atoms with Crippen LogP contribution in [0.1, 0.15) is 20.8 Å². The molecule has 0 amide bonds. The smallest absolute Gasteiger partial charge is 0.324 e. The first-order chi connectivity index (χ1) is 14.3. The normalized spacial score (nSPS) is 13.1. The van der Waals surface area contributed by atoms with Crippen molar-refractivity contribution < 1.29 is 33.0 Å². The molecule has 0 aliphatic heterocycles. The molecule has 1 atom stereocenters. The molecule has 0 fully saturated rings. The van der Waals surface area contributed by atoms with Gasteiger partial charge >= 0.3 is 11.9 Å². The Morgan fingerprint density at radius 1 is 1.03 bits per heavy atom. The van der Waals surface area contributed by atoms with Crippen molar-refractivity contribution in [3.63, 3.8) is 0 Å². The zero-order valence-electron chi connectivity index (χ0n) is 17.3. The molecule has 0 radical (unpaired) electrons. The van der Waals surface area contributed by atoms with Crippen LogP contribution in [0.5, 0.6) is 0 Å². The summed E-state index contributed by atoms with van der Waals surface area (Å²) in [6, 6.07) is 10.8. The Kier molecular flexibility index (Phi) is 7.82. The Morgan fingerprint density at radius 2 is 1.52 bits per heavy atom. The second kappa shape index (κ2) is 9.78. The summed E-state index contributed by atoms with van der Waals surface area (Å²) < 4.78 is 31.9. The van der Waals surface area contributed by atoms with Crippen LogP contribution in [0.2, 0.25) is 5.02 Å². The van der Waals surface area contributed by atoms with E-state index in [1.807, 2.05) is 0 Å². The summed E-state index contributed by atoms with van der Waals surface area (Å²) in [4.78, 5) is 23.6. The molecular weight excluding hydrogens is 446 g/mol. The van der Waals surface area contributed by atoms with Crippen molar-refractivity contribution in [3.05, 3.63) is 53.6 Å². The van der Waals surface area contributed by atoms with Crippen molar-refractivity contribution in [3.8, 4) is 11.1 Å². The van der Waals surface area contributed by atoms with Crippen LogP contribution in [-0.2, 0) is 24.3 Å². The molecule has 0 saturated carbocycles. The number of halogens is 1. The van der Waals surface area contributed by atoms with Crippen molar-refractivity contribution in [2.24, 2.45) is 0 Å². The van der Waals surface area contributed by atoms with E-state index in [1.165, 1.54) is 12.1 Å². The fourth-order valence-electron chi connectivity index (χ4n) is 2.75. The predicted octanol–water partition coefficient (Wildman–Crippen LogP) is 2.78. The Morgan fingerprint density at radius 3 is 1.94 bits per heavy atom. The van der Waals surface area contributed by atoms with E-state index in [2.05, 4.69) is 0 Å². The van der Waals surface area contributed by atoms with Gasteiger partial charge in [-0.1, -0.05) is 35.9 Å². The fourth-order valence-corrected chi connectivity index (χ4v) is 4.40. The van der Waals surface area contributed by atoms with Gasteiger partial charge in [0.1, 0.15) is 18.2 Å². The average molecular weight is 470 g/mol. The Labute approximate surface area is 186 Å². The first kappa shape index (κ1) is 24.8. The van der Waals surface area contributed by atoms with Crippen molar-refractivity contribution >= 4 is 33.6 Å². The van der Waals surface area contributed by atoms with Gasteiger partial charge in [0.25, 0.3) is 0 Å². The Hall–Kier alpha value is -2.46. The lowest BCUT2D eigenvalue weighted by Gasteiger charge is -2.28. The van der Waals surface area contributed by atoms with Crippen LogP contribution in [0.25, 0.3) is 11.1 Å². The number of aliphatic hydroxyl groups excluding tert-OH is 1. The molecule has 2 aromatic rings. The van der Waals surface area contributed by atoms with Crippen molar-refractivity contribution in [1.82, 2.24) is 4.31 Å². The van der Waals surface area contributed by atoms with Gasteiger partial charge in [0.15, 0.2) is 0 Å². The van der Waals surface area contributed by atoms with Crippen LogP contribution in [0.4, 0.5) is 0 Å². The number of sulfonamides is 1. The second-order valence-electron chi connectivity index (χ2n) is 7.70. The third kappa shape index (κ3) is 6.51. The van der Waals surface area contributed by atoms with E-state index < -0.39 is 46.8 Å². The summed E-state index contributed by atoms with van der Waals surface area (Å²) in [5.74, 6) is -2.53. The third-order valence-corrected chi connectivity index (χ3v) is 6.27. The number of aliphatic hydroxyl groups is 1. The molecule has 2 rings (SSSR count). The number of benzene rings is 2. The molecular formula is C21H24ClNO7S. The maximum absolute atomic E-state index is 13.2. The quantitative estimate of drug-likeness (QED) is 0.570. The first-order valence-corrected chi connectivity index (χ1v) is 11.1. The molecule has 0 unspecified atom stereocenters. The minimum atomic E-state index is -4.44. The van der Waals surface area contributed by atoms with Crippen LogP contribution in [-0.4, -0.2) is 59.7 Å². The van der Waals surface area contributed by atoms with Gasteiger partial charge in [-0.3, -0.25) is 9.59 Å². The number of carbonyl (C=O) groups excluding carboxylic acids is 1. The highest BCUT2D eigenvalue weighted by Crippen LogP contribution is 2.25. The number of rotatable bonds is 8. The maximum atomic E-state index is 13.2. The number of nitrogens with zero attached hydrogens (tertiary/aromatic N) is 1. The van der Waals surface area contributed by atoms with Gasteiger partial charge in [-0.2, -0.15) is 4.31 Å². The molecule has 10 heteroatoms. The van der Waals surface area contributed by atoms with Gasteiger partial charge < -0.3 is 14.9 Å². The van der Waals surface area contributed by atoms with Gasteiger partial charge in [0.05, 0.1) is 11.5 Å². The molecule has 0 spiro atoms. The predicted molar refractivity (Wildman–Crippen MR) is 115 cm³/mol. The number of carboxylic acid groups (broad SMARTS) is 1. The van der Waals surface area contributed by atoms with E-state index in [1.54, 1.807) is 57.2 Å². The maximum Gasteiger partial charge on any atom is 0.324 e. The lowest BCUT2D eigenvalue weighted by Crippen LogP contribution is -2.50. The van der Waals surface area contributed by atoms with E-state index in [0.29, 0.717) is 14.9 Å². The van der Waals surface area contributed by atoms with Gasteiger partial charge in [0, 0.05) is 5.02 Å². The summed E-state index contributed by atoms with van der Waals surface area (Å²) in [6.45, 7) is 2.91. The average Bonchev–Trinajstić information content (AvgIpc) is 2.67. The van der Waals surface area contributed by atoms with Crippen LogP contribution in [0.3, 0.4) is 0 Å². The summed E-state index contributed by atoms with van der Waals surface area (Å²) >= 11 is 5.88. The Balaban J connectivity index is 2.40. The van der Waals surface area contributed by atoms with Crippen LogP contribution >= 0.6 is 11.6 Å². The molecule has 0 aromatic heterocycles. The number of carbonyl (C=O) groups is 2. The van der Waals surface area contributed by atoms with E-state index in [4.69, 9.17) is 16.3 Å². The number of carboxylic acids is 1. The topological polar surface area (TPSA) is 121 Å². The minimum absolute atomic E-state index is 0.228. The first-order valence-electron chi connectivity index (χ1n) is 9.28. The standard InChI is InChI=1S/C21H24ClNO7S/c1-21(2,3)30-19(25)12-23(18(13-24)20(26)27)31(28,29)17-10-6-15(7-11-17)14-4-8-16(22)9-5-14/h4-11,18,24H,12-13H2,1-3H3,(H,26,27)/t18-/m0/s1. The molecule has 0 heterocycles. The number of hydrogen-bond donors (Lipinski definition) is 2. The van der Waals surface area contributed by atoms with Gasteiger partial charge in [-0.25, -0.2) is 8.42 Å². The van der Waals surface area contributed by atoms with E-state index in [9.17, 15) is 28.2 Å². The third-order valence-electron chi connectivity index (χ3n) is 4.15. The molecule has 0 bridgehead atoms. The highest BCUT2D eigenvalue weighted by molar-refractivity contribution is 7.89. The SMILES string of the molecule is CC(C)(C)OC(=O)CN([C@@H](CO)C(=O)O)S(=O)(=O)c1ccc(-c2ccc(Cl)cc2)cc1. The van der Waals surface area contributed by atoms with Crippen LogP contribution in [0.15, 0.2) is 53.4 Å². The van der Waals surface area contributed by atoms with Crippen molar-refractivity contribution in [1.29, 1.82) is 0 Å². The van der Waals surface area contributed by atoms with Crippen LogP contribution < -0.4 is 0 Å². The van der Waals surface area contributed by atoms with Gasteiger partial charge in [0.2, 0.25) is 10.0 Å². The molecule has 0 aliphatic rings. The van der Waals surface area contributed by atoms with Crippen molar-refractivity contribution in [2.75, 3.05) is 13.2 Å². The fraction of sp³-hybridized carbons (Fsp3) is 0.333. The Bertz CT molecular complexity index is 1030. The van der Waals surface area contributed by atoms with Crippen molar-refractivity contribution in [2.45, 2.75) is 37.3 Å². The van der Waals surface area contributed by atoms with E-state index >= 15 is 0 Å². The molecule has 2 N–H and O–H groups in total. The van der Waals surface area contributed by atoms with Crippen LogP contribution in [0, 0.1) is 0 Å². The van der Waals surface area contributed by atoms with E-state index in [-0.39, 0.29) is 4.90 Å². The highest BCUT2D eigenvalue weighted by Gasteiger charge is 2.38. The van der Waals surface area contributed by atoms with E-state index in [0.717, 1.165) is 5.56 Å². The van der Waals surface area contributed by atoms with Gasteiger partial charge in [-0.15, -0.1) is 0 Å². The molecule has 2 aromatic carbocycles. The molecule has 0 aliphatic carbocycles. The summed E-state index contributed by atoms with van der Waals surface area (Å²) in [5, 5.41) is 19.4. The number of esters is 1. The monoisotopic (exact) mass is 469 g/mol. The minimum Gasteiger partial charge on any atom is -0.480 e. The second-order valence-corrected chi connectivity index (χ2v) is 10.0. The number of aliphatic carboxylic acids is 1. The molecule has 8 nitrogen and oxygen atoms in total. The molecule has 31 heavy (non-hydrogen) atoms. The zero-order chi connectivity index (χ0) is 23.4. The molecule has 0 saturated heterocycles. The molecule has 168 valence electrons. The summed E-state index contributed by atoms with van der Waals surface area (Å²) in [7, 11) is -4.44. The zero-order valence-corrected chi connectivity index (χ0v) is 18.9. The highest BCUT2D eigenvalue weighted by atomic mass is 35.5. The van der Waals surface area contributed by atoms with Gasteiger partial charge in [-0.05, 0) is 56.2 Å². The lowest BCUT2D eigenvalue weighted by molar-refractivity contribution is -0.156. The summed E-state index contributed by atoms with van der Waals surface area (Å²) in [6.07, 6.45) is 0. The summed E-state index contributed by atoms with van der Waals surface area (Å²) in [5.41, 5.74) is 0.619. The lowest BCUT2D eigenvalue weighted by atomic mass is 10.1. The number of hydrogen-bond acceptors (Lipinski definition) is 6. The largest absolute Gasteiger partial charge is 0.480 e. The number of ether oxygens (including phenoxy) is 1.